The monoisotopic (exact) mass is 378 g/mol. The van der Waals surface area contributed by atoms with E-state index in [1.54, 1.807) is 25.3 Å². The van der Waals surface area contributed by atoms with E-state index < -0.39 is 0 Å². The van der Waals surface area contributed by atoms with Gasteiger partial charge >= 0.3 is 0 Å². The van der Waals surface area contributed by atoms with Gasteiger partial charge in [0.2, 0.25) is 23.5 Å². The molecule has 0 aliphatic heterocycles. The molecule has 1 amide bonds. The van der Waals surface area contributed by atoms with Crippen molar-refractivity contribution in [3.63, 3.8) is 0 Å². The normalized spacial score (nSPS) is 10.9. The molecule has 2 aromatic heterocycles. The second-order valence-corrected chi connectivity index (χ2v) is 6.10. The zero-order valence-corrected chi connectivity index (χ0v) is 15.2. The summed E-state index contributed by atoms with van der Waals surface area (Å²) in [7, 11) is 1.59. The molecular formula is C20H18N4O4. The molecule has 0 fully saturated rings. The van der Waals surface area contributed by atoms with Crippen LogP contribution >= 0.6 is 0 Å². The number of oxazole rings is 1. The minimum absolute atomic E-state index is 0.153. The van der Waals surface area contributed by atoms with Gasteiger partial charge in [-0.2, -0.15) is 4.98 Å². The van der Waals surface area contributed by atoms with Gasteiger partial charge in [0.25, 0.3) is 0 Å². The number of carbonyl (C=O) groups excluding carboxylic acids is 1. The summed E-state index contributed by atoms with van der Waals surface area (Å²) in [6.45, 7) is 0.203. The Morgan fingerprint density at radius 2 is 1.96 bits per heavy atom. The summed E-state index contributed by atoms with van der Waals surface area (Å²) < 4.78 is 16.0. The van der Waals surface area contributed by atoms with Gasteiger partial charge in [0.1, 0.15) is 11.3 Å². The number of rotatable bonds is 7. The van der Waals surface area contributed by atoms with Gasteiger partial charge in [0.15, 0.2) is 5.58 Å². The molecule has 2 heterocycles. The third kappa shape index (κ3) is 4.01. The van der Waals surface area contributed by atoms with Crippen LogP contribution in [0.5, 0.6) is 5.75 Å². The first-order valence-corrected chi connectivity index (χ1v) is 8.79. The van der Waals surface area contributed by atoms with E-state index in [1.807, 2.05) is 30.3 Å². The van der Waals surface area contributed by atoms with Crippen LogP contribution in [0.2, 0.25) is 0 Å². The lowest BCUT2D eigenvalue weighted by atomic mass is 10.2. The zero-order valence-electron chi connectivity index (χ0n) is 15.2. The van der Waals surface area contributed by atoms with Gasteiger partial charge < -0.3 is 19.0 Å². The van der Waals surface area contributed by atoms with Gasteiger partial charge in [-0.15, -0.1) is 0 Å². The second-order valence-electron chi connectivity index (χ2n) is 6.10. The van der Waals surface area contributed by atoms with Crippen molar-refractivity contribution in [3.05, 3.63) is 60.3 Å². The highest BCUT2D eigenvalue weighted by molar-refractivity contribution is 5.76. The average molecular weight is 378 g/mol. The van der Waals surface area contributed by atoms with Crippen molar-refractivity contribution in [1.29, 1.82) is 0 Å². The molecule has 1 N–H and O–H groups in total. The minimum atomic E-state index is -0.153. The van der Waals surface area contributed by atoms with Gasteiger partial charge in [-0.25, -0.2) is 4.98 Å². The Morgan fingerprint density at radius 3 is 2.79 bits per heavy atom. The number of carbonyl (C=O) groups is 1. The molecule has 8 heteroatoms. The fourth-order valence-electron chi connectivity index (χ4n) is 2.70. The number of fused-ring (bicyclic) bond motifs is 1. The number of hydrogen-bond donors (Lipinski definition) is 1. The van der Waals surface area contributed by atoms with Crippen molar-refractivity contribution in [3.8, 4) is 17.1 Å². The van der Waals surface area contributed by atoms with Crippen LogP contribution in [-0.2, 0) is 17.8 Å². The number of aromatic nitrogens is 3. The lowest BCUT2D eigenvalue weighted by molar-refractivity contribution is -0.121. The summed E-state index contributed by atoms with van der Waals surface area (Å²) in [5, 5.41) is 6.72. The molecule has 142 valence electrons. The van der Waals surface area contributed by atoms with Crippen molar-refractivity contribution >= 4 is 17.0 Å². The number of hydrogen-bond acceptors (Lipinski definition) is 7. The Morgan fingerprint density at radius 1 is 1.11 bits per heavy atom. The van der Waals surface area contributed by atoms with E-state index in [0.717, 1.165) is 5.56 Å². The van der Waals surface area contributed by atoms with Crippen LogP contribution < -0.4 is 10.1 Å². The van der Waals surface area contributed by atoms with Crippen LogP contribution in [0.3, 0.4) is 0 Å². The van der Waals surface area contributed by atoms with E-state index in [4.69, 9.17) is 13.7 Å². The van der Waals surface area contributed by atoms with Crippen LogP contribution in [0.25, 0.3) is 22.5 Å². The highest BCUT2D eigenvalue weighted by Crippen LogP contribution is 2.21. The first-order chi connectivity index (χ1) is 13.7. The molecule has 8 nitrogen and oxygen atoms in total. The maximum atomic E-state index is 12.1. The van der Waals surface area contributed by atoms with Crippen LogP contribution in [0, 0.1) is 0 Å². The first-order valence-electron chi connectivity index (χ1n) is 8.79. The first kappa shape index (κ1) is 17.7. The number of methoxy groups -OCH3 is 1. The molecule has 0 bridgehead atoms. The van der Waals surface area contributed by atoms with E-state index in [0.29, 0.717) is 40.9 Å². The molecule has 0 saturated carbocycles. The Hall–Kier alpha value is -3.68. The number of nitrogens with one attached hydrogen (secondary N) is 1. The standard InChI is InChI=1S/C20H18N4O4/c1-26-14-7-8-16-15(11-14)22-19(27-16)12-21-17(25)9-10-18-23-20(24-28-18)13-5-3-2-4-6-13/h2-8,11H,9-10,12H2,1H3,(H,21,25). The van der Waals surface area contributed by atoms with Crippen molar-refractivity contribution in [2.75, 3.05) is 7.11 Å². The van der Waals surface area contributed by atoms with E-state index >= 15 is 0 Å². The smallest absolute Gasteiger partial charge is 0.227 e. The van der Waals surface area contributed by atoms with E-state index in [2.05, 4.69) is 20.4 Å². The molecule has 2 aromatic carbocycles. The maximum Gasteiger partial charge on any atom is 0.227 e. The summed E-state index contributed by atoms with van der Waals surface area (Å²) >= 11 is 0. The van der Waals surface area contributed by atoms with E-state index in [9.17, 15) is 4.79 Å². The van der Waals surface area contributed by atoms with E-state index in [1.165, 1.54) is 0 Å². The Balaban J connectivity index is 1.30. The molecule has 0 unspecified atom stereocenters. The summed E-state index contributed by atoms with van der Waals surface area (Å²) in [6, 6.07) is 14.9. The summed E-state index contributed by atoms with van der Waals surface area (Å²) in [5.41, 5.74) is 2.20. The molecular weight excluding hydrogens is 360 g/mol. The predicted molar refractivity (Wildman–Crippen MR) is 100 cm³/mol. The van der Waals surface area contributed by atoms with Gasteiger partial charge in [-0.05, 0) is 12.1 Å². The summed E-state index contributed by atoms with van der Waals surface area (Å²) in [4.78, 5) is 20.8. The topological polar surface area (TPSA) is 103 Å². The van der Waals surface area contributed by atoms with E-state index in [-0.39, 0.29) is 18.9 Å². The Labute approximate surface area is 160 Å². The number of nitrogens with zero attached hydrogens (tertiary/aromatic N) is 3. The second kappa shape index (κ2) is 7.91. The third-order valence-corrected chi connectivity index (χ3v) is 4.14. The zero-order chi connectivity index (χ0) is 19.3. The van der Waals surface area contributed by atoms with Crippen molar-refractivity contribution < 1.29 is 18.5 Å². The number of aryl methyl sites for hydroxylation is 1. The quantitative estimate of drug-likeness (QED) is 0.527. The SMILES string of the molecule is COc1ccc2oc(CNC(=O)CCc3nc(-c4ccccc4)no3)nc2c1. The summed E-state index contributed by atoms with van der Waals surface area (Å²) in [5.74, 6) is 1.91. The molecule has 0 spiro atoms. The largest absolute Gasteiger partial charge is 0.497 e. The summed E-state index contributed by atoms with van der Waals surface area (Å²) in [6.07, 6.45) is 0.584. The fraction of sp³-hybridized carbons (Fsp3) is 0.200. The van der Waals surface area contributed by atoms with Crippen LogP contribution in [-0.4, -0.2) is 28.1 Å². The number of benzene rings is 2. The highest BCUT2D eigenvalue weighted by Gasteiger charge is 2.12. The van der Waals surface area contributed by atoms with Crippen molar-refractivity contribution in [1.82, 2.24) is 20.4 Å². The molecule has 0 atom stereocenters. The lowest BCUT2D eigenvalue weighted by Crippen LogP contribution is -2.23. The minimum Gasteiger partial charge on any atom is -0.497 e. The molecule has 4 rings (SSSR count). The number of ether oxygens (including phenoxy) is 1. The molecule has 0 saturated heterocycles. The van der Waals surface area contributed by atoms with Gasteiger partial charge in [0, 0.05) is 24.5 Å². The maximum absolute atomic E-state index is 12.1. The van der Waals surface area contributed by atoms with Crippen LogP contribution in [0.1, 0.15) is 18.2 Å². The molecule has 0 aliphatic carbocycles. The Bertz CT molecular complexity index is 1090. The lowest BCUT2D eigenvalue weighted by Gasteiger charge is -2.00. The third-order valence-electron chi connectivity index (χ3n) is 4.14. The fourth-order valence-corrected chi connectivity index (χ4v) is 2.70. The average Bonchev–Trinajstić information content (AvgIpc) is 3.37. The molecule has 4 aromatic rings. The molecule has 28 heavy (non-hydrogen) atoms. The number of amides is 1. The van der Waals surface area contributed by atoms with Crippen LogP contribution in [0.15, 0.2) is 57.5 Å². The van der Waals surface area contributed by atoms with Crippen molar-refractivity contribution in [2.24, 2.45) is 0 Å². The van der Waals surface area contributed by atoms with Gasteiger partial charge in [-0.1, -0.05) is 35.5 Å². The molecule has 0 radical (unpaired) electrons. The predicted octanol–water partition coefficient (Wildman–Crippen LogP) is 3.14. The highest BCUT2D eigenvalue weighted by atomic mass is 16.5. The van der Waals surface area contributed by atoms with Gasteiger partial charge in [0.05, 0.1) is 13.7 Å². The van der Waals surface area contributed by atoms with Crippen LogP contribution in [0.4, 0.5) is 0 Å². The van der Waals surface area contributed by atoms with Gasteiger partial charge in [-0.3, -0.25) is 4.79 Å². The Kier molecular flexibility index (Phi) is 5.01. The molecule has 0 aliphatic rings. The van der Waals surface area contributed by atoms with Crippen molar-refractivity contribution in [2.45, 2.75) is 19.4 Å².